The largest absolute Gasteiger partial charge is 0.496 e. The molecular weight excluding hydrogens is 340 g/mol. The lowest BCUT2D eigenvalue weighted by molar-refractivity contribution is 0.412. The zero-order chi connectivity index (χ0) is 15.4. The molecule has 1 unspecified atom stereocenters. The van der Waals surface area contributed by atoms with Gasteiger partial charge in [0.2, 0.25) is 0 Å². The normalized spacial score (nSPS) is 12.2. The molecule has 0 radical (unpaired) electrons. The van der Waals surface area contributed by atoms with E-state index in [1.165, 1.54) is 6.07 Å². The maximum atomic E-state index is 13.9. The Morgan fingerprint density at radius 3 is 2.57 bits per heavy atom. The van der Waals surface area contributed by atoms with Crippen LogP contribution in [0.2, 0.25) is 0 Å². The number of nitrogens with one attached hydrogen (secondary N) is 1. The summed E-state index contributed by atoms with van der Waals surface area (Å²) in [5, 5.41) is 3.03. The molecular formula is C16H16BrF2NO. The summed E-state index contributed by atoms with van der Waals surface area (Å²) in [6, 6.07) is 8.87. The van der Waals surface area contributed by atoms with Crippen LogP contribution in [0.1, 0.15) is 17.2 Å². The average molecular weight is 356 g/mol. The average Bonchev–Trinajstić information content (AvgIpc) is 2.47. The van der Waals surface area contributed by atoms with E-state index in [1.807, 2.05) is 18.2 Å². The van der Waals surface area contributed by atoms with Crippen molar-refractivity contribution < 1.29 is 13.5 Å². The predicted octanol–water partition coefficient (Wildman–Crippen LogP) is 4.24. The number of ether oxygens (including phenoxy) is 1. The van der Waals surface area contributed by atoms with Crippen LogP contribution in [-0.4, -0.2) is 14.2 Å². The van der Waals surface area contributed by atoms with E-state index in [1.54, 1.807) is 14.2 Å². The molecule has 2 aromatic carbocycles. The van der Waals surface area contributed by atoms with Crippen molar-refractivity contribution >= 4 is 15.9 Å². The first kappa shape index (κ1) is 15.9. The molecule has 5 heteroatoms. The first-order valence-electron chi connectivity index (χ1n) is 6.49. The highest BCUT2D eigenvalue weighted by Crippen LogP contribution is 2.28. The molecule has 21 heavy (non-hydrogen) atoms. The Morgan fingerprint density at radius 1 is 1.19 bits per heavy atom. The minimum Gasteiger partial charge on any atom is -0.496 e. The van der Waals surface area contributed by atoms with E-state index in [2.05, 4.69) is 21.2 Å². The number of halogens is 3. The fourth-order valence-corrected chi connectivity index (χ4v) is 2.81. The second-order valence-corrected chi connectivity index (χ2v) is 5.53. The van der Waals surface area contributed by atoms with Crippen LogP contribution in [0, 0.1) is 11.6 Å². The topological polar surface area (TPSA) is 21.3 Å². The summed E-state index contributed by atoms with van der Waals surface area (Å²) in [6.07, 6.45) is 0.541. The van der Waals surface area contributed by atoms with Gasteiger partial charge in [0.25, 0.3) is 0 Å². The molecule has 2 nitrogen and oxygen atoms in total. The maximum absolute atomic E-state index is 13.9. The standard InChI is InChI=1S/C16H16BrF2NO/c1-20-15(12-9-11(18)4-5-14(12)19)8-10-3-6-16(21-2)13(17)7-10/h3-7,9,15,20H,8H2,1-2H3. The van der Waals surface area contributed by atoms with Gasteiger partial charge >= 0.3 is 0 Å². The Balaban J connectivity index is 2.26. The molecule has 0 aliphatic rings. The molecule has 0 spiro atoms. The van der Waals surface area contributed by atoms with Crippen molar-refractivity contribution in [2.24, 2.45) is 0 Å². The second-order valence-electron chi connectivity index (χ2n) is 4.68. The molecule has 0 bridgehead atoms. The van der Waals surface area contributed by atoms with Gasteiger partial charge in [-0.3, -0.25) is 0 Å². The Kier molecular flexibility index (Phi) is 5.31. The summed E-state index contributed by atoms with van der Waals surface area (Å²) in [5.41, 5.74) is 1.31. The highest BCUT2D eigenvalue weighted by Gasteiger charge is 2.16. The van der Waals surface area contributed by atoms with Gasteiger partial charge in [0, 0.05) is 11.6 Å². The van der Waals surface area contributed by atoms with Crippen LogP contribution in [0.3, 0.4) is 0 Å². The lowest BCUT2D eigenvalue weighted by Crippen LogP contribution is -2.20. The summed E-state index contributed by atoms with van der Waals surface area (Å²) in [6.45, 7) is 0. The van der Waals surface area contributed by atoms with Gasteiger partial charge in [0.05, 0.1) is 11.6 Å². The minimum atomic E-state index is -0.442. The third-order valence-corrected chi connectivity index (χ3v) is 3.96. The fourth-order valence-electron chi connectivity index (χ4n) is 2.22. The number of rotatable bonds is 5. The molecule has 0 saturated heterocycles. The van der Waals surface area contributed by atoms with E-state index < -0.39 is 11.6 Å². The fraction of sp³-hybridized carbons (Fsp3) is 0.250. The van der Waals surface area contributed by atoms with Crippen molar-refractivity contribution in [1.82, 2.24) is 5.32 Å². The van der Waals surface area contributed by atoms with Crippen molar-refractivity contribution in [3.8, 4) is 5.75 Å². The number of likely N-dealkylation sites (N-methyl/N-ethyl adjacent to an activating group) is 1. The maximum Gasteiger partial charge on any atom is 0.133 e. The number of methoxy groups -OCH3 is 1. The van der Waals surface area contributed by atoms with Gasteiger partial charge in [-0.1, -0.05) is 6.07 Å². The van der Waals surface area contributed by atoms with E-state index in [-0.39, 0.29) is 6.04 Å². The van der Waals surface area contributed by atoms with Crippen LogP contribution in [0.15, 0.2) is 40.9 Å². The molecule has 0 saturated carbocycles. The SMILES string of the molecule is CNC(Cc1ccc(OC)c(Br)c1)c1cc(F)ccc1F. The molecule has 0 aromatic heterocycles. The minimum absolute atomic E-state index is 0.305. The number of hydrogen-bond acceptors (Lipinski definition) is 2. The molecule has 0 aliphatic heterocycles. The van der Waals surface area contributed by atoms with Crippen molar-refractivity contribution in [1.29, 1.82) is 0 Å². The molecule has 112 valence electrons. The highest BCUT2D eigenvalue weighted by molar-refractivity contribution is 9.10. The van der Waals surface area contributed by atoms with Crippen molar-refractivity contribution in [2.45, 2.75) is 12.5 Å². The molecule has 2 rings (SSSR count). The van der Waals surface area contributed by atoms with E-state index in [4.69, 9.17) is 4.74 Å². The predicted molar refractivity (Wildman–Crippen MR) is 82.6 cm³/mol. The molecule has 0 amide bonds. The Morgan fingerprint density at radius 2 is 1.95 bits per heavy atom. The van der Waals surface area contributed by atoms with Gasteiger partial charge in [-0.15, -0.1) is 0 Å². The first-order chi connectivity index (χ1) is 10.0. The van der Waals surface area contributed by atoms with E-state index in [9.17, 15) is 8.78 Å². The quantitative estimate of drug-likeness (QED) is 0.865. The first-order valence-corrected chi connectivity index (χ1v) is 7.29. The van der Waals surface area contributed by atoms with Gasteiger partial charge in [-0.2, -0.15) is 0 Å². The van der Waals surface area contributed by atoms with Gasteiger partial charge in [0.1, 0.15) is 17.4 Å². The van der Waals surface area contributed by atoms with Crippen LogP contribution in [0.25, 0.3) is 0 Å². The van der Waals surface area contributed by atoms with E-state index in [0.717, 1.165) is 27.9 Å². The number of hydrogen-bond donors (Lipinski definition) is 1. The van der Waals surface area contributed by atoms with Crippen molar-refractivity contribution in [2.75, 3.05) is 14.2 Å². The van der Waals surface area contributed by atoms with Crippen LogP contribution in [-0.2, 0) is 6.42 Å². The Bertz CT molecular complexity index is 634. The third kappa shape index (κ3) is 3.80. The van der Waals surface area contributed by atoms with Crippen molar-refractivity contribution in [3.63, 3.8) is 0 Å². The van der Waals surface area contributed by atoms with E-state index in [0.29, 0.717) is 12.0 Å². The summed E-state index contributed by atoms with van der Waals surface area (Å²) in [7, 11) is 3.33. The lowest BCUT2D eigenvalue weighted by atomic mass is 9.98. The van der Waals surface area contributed by atoms with Crippen molar-refractivity contribution in [3.05, 3.63) is 63.6 Å². The molecule has 0 aliphatic carbocycles. The monoisotopic (exact) mass is 355 g/mol. The summed E-state index contributed by atoms with van der Waals surface area (Å²) in [5.74, 6) is -0.123. The van der Waals surface area contributed by atoms with Gasteiger partial charge < -0.3 is 10.1 Å². The van der Waals surface area contributed by atoms with Crippen LogP contribution < -0.4 is 10.1 Å². The molecule has 1 atom stereocenters. The van der Waals surface area contributed by atoms with Gasteiger partial charge in [0.15, 0.2) is 0 Å². The Labute approximate surface area is 131 Å². The zero-order valence-electron chi connectivity index (χ0n) is 11.8. The molecule has 0 fully saturated rings. The number of benzene rings is 2. The van der Waals surface area contributed by atoms with Crippen LogP contribution in [0.5, 0.6) is 5.75 Å². The summed E-state index contributed by atoms with van der Waals surface area (Å²) < 4.78 is 33.2. The van der Waals surface area contributed by atoms with Crippen LogP contribution in [0.4, 0.5) is 8.78 Å². The smallest absolute Gasteiger partial charge is 0.133 e. The third-order valence-electron chi connectivity index (χ3n) is 3.34. The second kappa shape index (κ2) is 7.00. The summed E-state index contributed by atoms with van der Waals surface area (Å²) >= 11 is 3.42. The van der Waals surface area contributed by atoms with Gasteiger partial charge in [-0.25, -0.2) is 8.78 Å². The summed E-state index contributed by atoms with van der Waals surface area (Å²) in [4.78, 5) is 0. The molecule has 0 heterocycles. The van der Waals surface area contributed by atoms with Crippen LogP contribution >= 0.6 is 15.9 Å². The molecule has 2 aromatic rings. The van der Waals surface area contributed by atoms with Gasteiger partial charge in [-0.05, 0) is 65.3 Å². The lowest BCUT2D eigenvalue weighted by Gasteiger charge is -2.18. The van der Waals surface area contributed by atoms with E-state index >= 15 is 0 Å². The highest BCUT2D eigenvalue weighted by atomic mass is 79.9. The molecule has 1 N–H and O–H groups in total. The Hall–Kier alpha value is -1.46. The zero-order valence-corrected chi connectivity index (χ0v) is 13.4.